The van der Waals surface area contributed by atoms with Crippen LogP contribution in [0.2, 0.25) is 0 Å². The molecule has 32 heavy (non-hydrogen) atoms. The van der Waals surface area contributed by atoms with Crippen LogP contribution in [-0.2, 0) is 6.42 Å². The smallest absolute Gasteiger partial charge is 0.101 e. The van der Waals surface area contributed by atoms with Crippen molar-refractivity contribution in [3.63, 3.8) is 0 Å². The molecule has 0 aliphatic heterocycles. The van der Waals surface area contributed by atoms with Crippen molar-refractivity contribution in [1.82, 2.24) is 4.98 Å². The van der Waals surface area contributed by atoms with Gasteiger partial charge in [0.2, 0.25) is 0 Å². The molecule has 2 nitrogen and oxygen atoms in total. The van der Waals surface area contributed by atoms with E-state index in [1.165, 1.54) is 41.7 Å². The third kappa shape index (κ3) is 3.41. The third-order valence-corrected chi connectivity index (χ3v) is 8.66. The summed E-state index contributed by atoms with van der Waals surface area (Å²) in [4.78, 5) is 6.23. The molecule has 3 heterocycles. The number of hydrogen-bond acceptors (Lipinski definition) is 4. The van der Waals surface area contributed by atoms with Gasteiger partial charge in [-0.05, 0) is 55.7 Å². The maximum atomic E-state index is 9.87. The van der Waals surface area contributed by atoms with Crippen LogP contribution in [0.25, 0.3) is 41.5 Å². The molecule has 0 spiro atoms. The molecule has 5 aromatic rings. The maximum Gasteiger partial charge on any atom is 0.101 e. The molecule has 3 aromatic heterocycles. The number of thiophene rings is 2. The van der Waals surface area contributed by atoms with E-state index in [1.807, 2.05) is 11.3 Å². The van der Waals surface area contributed by atoms with Crippen LogP contribution in [-0.4, -0.2) is 4.98 Å². The van der Waals surface area contributed by atoms with Gasteiger partial charge >= 0.3 is 0 Å². The zero-order chi connectivity index (χ0) is 22.8. The van der Waals surface area contributed by atoms with Crippen LogP contribution < -0.4 is 0 Å². The molecule has 0 saturated carbocycles. The number of pyridine rings is 1. The van der Waals surface area contributed by atoms with Crippen LogP contribution in [0.3, 0.4) is 0 Å². The summed E-state index contributed by atoms with van der Waals surface area (Å²) in [5, 5.41) is 13.4. The summed E-state index contributed by atoms with van der Waals surface area (Å²) in [6.07, 6.45) is 2.82. The van der Waals surface area contributed by atoms with Crippen LogP contribution >= 0.6 is 22.7 Å². The molecule has 5 rings (SSSR count). The van der Waals surface area contributed by atoms with Gasteiger partial charge in [0.1, 0.15) is 6.07 Å². The first-order valence-electron chi connectivity index (χ1n) is 10.9. The number of aromatic nitrogens is 1. The van der Waals surface area contributed by atoms with Gasteiger partial charge in [0, 0.05) is 27.4 Å². The summed E-state index contributed by atoms with van der Waals surface area (Å²) >= 11 is 3.71. The first-order valence-corrected chi connectivity index (χ1v) is 12.5. The maximum absolute atomic E-state index is 9.87. The van der Waals surface area contributed by atoms with Crippen molar-refractivity contribution in [2.45, 2.75) is 48.0 Å². The Morgan fingerprint density at radius 2 is 1.56 bits per heavy atom. The summed E-state index contributed by atoms with van der Waals surface area (Å²) < 4.78 is 3.73. The Hall–Kier alpha value is -2.74. The van der Waals surface area contributed by atoms with Crippen molar-refractivity contribution < 1.29 is 0 Å². The molecule has 0 amide bonds. The van der Waals surface area contributed by atoms with E-state index in [0.717, 1.165) is 27.8 Å². The summed E-state index contributed by atoms with van der Waals surface area (Å²) in [6, 6.07) is 13.4. The van der Waals surface area contributed by atoms with Gasteiger partial charge in [-0.2, -0.15) is 5.26 Å². The lowest BCUT2D eigenvalue weighted by Crippen LogP contribution is -2.08. The van der Waals surface area contributed by atoms with Crippen LogP contribution in [0.5, 0.6) is 0 Å². The normalized spacial score (nSPS) is 12.2. The predicted molar refractivity (Wildman–Crippen MR) is 140 cm³/mol. The van der Waals surface area contributed by atoms with E-state index < -0.39 is 0 Å². The standard InChI is InChI=1S/C28H26N2S2/c1-15-9-16(2)11-18(10-15)24-27-23(19(13-29)14-30-24)21-8-7-20-17(3)22(12-28(4,5)6)31-25(20)26(21)32-27/h7-11,14H,12H2,1-6H3. The fourth-order valence-electron chi connectivity index (χ4n) is 4.62. The number of nitriles is 1. The Morgan fingerprint density at radius 3 is 2.22 bits per heavy atom. The average Bonchev–Trinajstić information content (AvgIpc) is 3.24. The predicted octanol–water partition coefficient (Wildman–Crippen LogP) is 8.72. The molecule has 2 aromatic carbocycles. The van der Waals surface area contributed by atoms with Crippen molar-refractivity contribution in [1.29, 1.82) is 5.26 Å². The number of benzene rings is 2. The highest BCUT2D eigenvalue weighted by Crippen LogP contribution is 2.47. The van der Waals surface area contributed by atoms with Crippen LogP contribution in [0.4, 0.5) is 0 Å². The molecule has 0 aliphatic carbocycles. The first-order chi connectivity index (χ1) is 15.2. The minimum Gasteiger partial charge on any atom is -0.253 e. The highest BCUT2D eigenvalue weighted by atomic mass is 32.1. The molecule has 0 unspecified atom stereocenters. The number of fused-ring (bicyclic) bond motifs is 5. The van der Waals surface area contributed by atoms with Gasteiger partial charge in [0.15, 0.2) is 0 Å². The van der Waals surface area contributed by atoms with Gasteiger partial charge in [0.25, 0.3) is 0 Å². The molecule has 160 valence electrons. The van der Waals surface area contributed by atoms with E-state index in [1.54, 1.807) is 17.5 Å². The highest BCUT2D eigenvalue weighted by Gasteiger charge is 2.21. The second kappa shape index (κ2) is 7.40. The molecule has 4 heteroatoms. The Labute approximate surface area is 197 Å². The lowest BCUT2D eigenvalue weighted by atomic mass is 9.90. The van der Waals surface area contributed by atoms with Crippen molar-refractivity contribution in [3.8, 4) is 17.3 Å². The minimum atomic E-state index is 0.249. The van der Waals surface area contributed by atoms with Crippen LogP contribution in [0.15, 0.2) is 36.5 Å². The van der Waals surface area contributed by atoms with Gasteiger partial charge in [-0.1, -0.05) is 50.1 Å². The van der Waals surface area contributed by atoms with Crippen LogP contribution in [0, 0.1) is 37.5 Å². The molecule has 0 aliphatic rings. The lowest BCUT2D eigenvalue weighted by molar-refractivity contribution is 0.414. The van der Waals surface area contributed by atoms with E-state index in [9.17, 15) is 5.26 Å². The second-order valence-corrected chi connectivity index (χ2v) is 12.1. The third-order valence-electron chi connectivity index (χ3n) is 5.97. The second-order valence-electron chi connectivity index (χ2n) is 10.0. The fourth-order valence-corrected chi connectivity index (χ4v) is 7.70. The van der Waals surface area contributed by atoms with Gasteiger partial charge in [0.05, 0.1) is 25.4 Å². The molecule has 0 bridgehead atoms. The quantitative estimate of drug-likeness (QED) is 0.267. The van der Waals surface area contributed by atoms with E-state index in [0.29, 0.717) is 5.56 Å². The number of nitrogens with zero attached hydrogens (tertiary/aromatic N) is 2. The molecule has 0 fully saturated rings. The molecular weight excluding hydrogens is 428 g/mol. The number of hydrogen-bond donors (Lipinski definition) is 0. The summed E-state index contributed by atoms with van der Waals surface area (Å²) in [5.41, 5.74) is 6.85. The van der Waals surface area contributed by atoms with Gasteiger partial charge < -0.3 is 0 Å². The van der Waals surface area contributed by atoms with Crippen molar-refractivity contribution in [2.75, 3.05) is 0 Å². The Kier molecular flexibility index (Phi) is 4.89. The number of rotatable bonds is 2. The average molecular weight is 455 g/mol. The molecule has 0 radical (unpaired) electrons. The van der Waals surface area contributed by atoms with Crippen LogP contribution in [0.1, 0.15) is 47.9 Å². The first kappa shape index (κ1) is 21.1. The van der Waals surface area contributed by atoms with E-state index in [2.05, 4.69) is 77.9 Å². The van der Waals surface area contributed by atoms with Crippen molar-refractivity contribution in [2.24, 2.45) is 5.41 Å². The number of aryl methyl sites for hydroxylation is 3. The largest absolute Gasteiger partial charge is 0.253 e. The Balaban J connectivity index is 1.87. The molecule has 0 atom stereocenters. The van der Waals surface area contributed by atoms with Gasteiger partial charge in [-0.25, -0.2) is 0 Å². The lowest BCUT2D eigenvalue weighted by Gasteiger charge is -2.17. The Bertz CT molecular complexity index is 1550. The summed E-state index contributed by atoms with van der Waals surface area (Å²) in [5.74, 6) is 0. The fraction of sp³-hybridized carbons (Fsp3) is 0.286. The summed E-state index contributed by atoms with van der Waals surface area (Å²) in [7, 11) is 0. The molecule has 0 saturated heterocycles. The minimum absolute atomic E-state index is 0.249. The topological polar surface area (TPSA) is 36.7 Å². The van der Waals surface area contributed by atoms with E-state index in [4.69, 9.17) is 4.98 Å². The van der Waals surface area contributed by atoms with Crippen molar-refractivity contribution >= 4 is 52.9 Å². The monoisotopic (exact) mass is 454 g/mol. The molecular formula is C28H26N2S2. The zero-order valence-electron chi connectivity index (χ0n) is 19.4. The zero-order valence-corrected chi connectivity index (χ0v) is 21.0. The van der Waals surface area contributed by atoms with Gasteiger partial charge in [-0.3, -0.25) is 4.98 Å². The molecule has 0 N–H and O–H groups in total. The van der Waals surface area contributed by atoms with E-state index in [-0.39, 0.29) is 5.41 Å². The highest BCUT2D eigenvalue weighted by molar-refractivity contribution is 7.31. The summed E-state index contributed by atoms with van der Waals surface area (Å²) in [6.45, 7) is 13.4. The van der Waals surface area contributed by atoms with Crippen molar-refractivity contribution in [3.05, 3.63) is 63.7 Å². The Morgan fingerprint density at radius 1 is 0.906 bits per heavy atom. The van der Waals surface area contributed by atoms with E-state index >= 15 is 0 Å². The SMILES string of the molecule is Cc1cc(C)cc(-c2ncc(C#N)c3c2sc2c3ccc3c(C)c(CC(C)(C)C)sc32)c1. The van der Waals surface area contributed by atoms with Gasteiger partial charge in [-0.15, -0.1) is 22.7 Å².